The average Bonchev–Trinajstić information content (AvgIpc) is 3.20. The maximum atomic E-state index is 12.2. The molecule has 0 aliphatic heterocycles. The number of furan rings is 1. The van der Waals surface area contributed by atoms with Crippen LogP contribution in [0.2, 0.25) is 0 Å². The summed E-state index contributed by atoms with van der Waals surface area (Å²) in [5, 5.41) is 20.2. The Balaban J connectivity index is 1.62. The molecule has 0 spiro atoms. The van der Waals surface area contributed by atoms with Crippen LogP contribution in [0.25, 0.3) is 0 Å². The van der Waals surface area contributed by atoms with Crippen LogP contribution < -0.4 is 15.0 Å². The highest BCUT2D eigenvalue weighted by atomic mass is 32.2. The molecule has 0 saturated carbocycles. The number of carbonyl (C=O) groups is 1. The van der Waals surface area contributed by atoms with Crippen molar-refractivity contribution in [2.24, 2.45) is 0 Å². The van der Waals surface area contributed by atoms with E-state index in [-0.39, 0.29) is 12.4 Å². The van der Waals surface area contributed by atoms with Gasteiger partial charge in [-0.2, -0.15) is 0 Å². The predicted molar refractivity (Wildman–Crippen MR) is 102 cm³/mol. The van der Waals surface area contributed by atoms with Crippen LogP contribution in [0.4, 0.5) is 5.69 Å². The predicted octanol–water partition coefficient (Wildman–Crippen LogP) is 2.10. The summed E-state index contributed by atoms with van der Waals surface area (Å²) < 4.78 is 35.3. The van der Waals surface area contributed by atoms with E-state index in [4.69, 9.17) is 9.15 Å². The SMILES string of the molecule is O=C(NNS(=O)(=O)c1ccc(O)c([N+](=O)[O-])c1)c1ccc(COc2ccccc2)o1. The minimum Gasteiger partial charge on any atom is -0.502 e. The third-order valence-corrected chi connectivity index (χ3v) is 5.01. The molecular weight excluding hydrogens is 418 g/mol. The third kappa shape index (κ3) is 4.92. The lowest BCUT2D eigenvalue weighted by atomic mass is 10.3. The van der Waals surface area contributed by atoms with Crippen molar-refractivity contribution in [2.75, 3.05) is 0 Å². The van der Waals surface area contributed by atoms with Gasteiger partial charge in [-0.3, -0.25) is 20.3 Å². The molecule has 0 saturated heterocycles. The van der Waals surface area contributed by atoms with E-state index < -0.39 is 37.2 Å². The molecule has 0 aliphatic rings. The zero-order valence-electron chi connectivity index (χ0n) is 15.1. The summed E-state index contributed by atoms with van der Waals surface area (Å²) in [7, 11) is -4.34. The maximum absolute atomic E-state index is 12.2. The molecule has 156 valence electrons. The minimum absolute atomic E-state index is 0.0558. The van der Waals surface area contributed by atoms with E-state index in [1.54, 1.807) is 29.1 Å². The van der Waals surface area contributed by atoms with Crippen LogP contribution in [-0.2, 0) is 16.6 Å². The molecule has 1 amide bonds. The van der Waals surface area contributed by atoms with Gasteiger partial charge in [0, 0.05) is 6.07 Å². The van der Waals surface area contributed by atoms with Gasteiger partial charge in [-0.1, -0.05) is 18.2 Å². The Bertz CT molecular complexity index is 1180. The first kappa shape index (κ1) is 20.8. The van der Waals surface area contributed by atoms with Crippen molar-refractivity contribution in [3.05, 3.63) is 82.3 Å². The van der Waals surface area contributed by atoms with Crippen LogP contribution >= 0.6 is 0 Å². The van der Waals surface area contributed by atoms with Gasteiger partial charge < -0.3 is 14.3 Å². The first-order valence-corrected chi connectivity index (χ1v) is 9.81. The molecule has 3 N–H and O–H groups in total. The standard InChI is InChI=1S/C18H15N3O8S/c22-16-8-7-14(10-15(16)21(24)25)30(26,27)20-19-18(23)17-9-6-13(29-17)11-28-12-4-2-1-3-5-12/h1-10,20,22H,11H2,(H,19,23). The summed E-state index contributed by atoms with van der Waals surface area (Å²) in [6.45, 7) is 0.0558. The molecule has 0 bridgehead atoms. The number of aromatic hydroxyl groups is 1. The number of sulfonamides is 1. The second-order valence-corrected chi connectivity index (χ2v) is 7.52. The van der Waals surface area contributed by atoms with Gasteiger partial charge in [0.25, 0.3) is 10.0 Å². The molecule has 0 atom stereocenters. The molecule has 2 aromatic carbocycles. The van der Waals surface area contributed by atoms with Gasteiger partial charge in [0.1, 0.15) is 18.1 Å². The summed E-state index contributed by atoms with van der Waals surface area (Å²) in [4.78, 5) is 23.3. The van der Waals surface area contributed by atoms with Crippen LogP contribution in [0.15, 0.2) is 70.0 Å². The Morgan fingerprint density at radius 3 is 2.57 bits per heavy atom. The van der Waals surface area contributed by atoms with E-state index in [0.717, 1.165) is 12.1 Å². The van der Waals surface area contributed by atoms with Crippen LogP contribution in [-0.4, -0.2) is 24.4 Å². The second kappa shape index (κ2) is 8.63. The van der Waals surface area contributed by atoms with Crippen LogP contribution in [0.1, 0.15) is 16.3 Å². The number of carbonyl (C=O) groups excluding carboxylic acids is 1. The fourth-order valence-corrected chi connectivity index (χ4v) is 3.16. The first-order valence-electron chi connectivity index (χ1n) is 8.32. The number of amides is 1. The topological polar surface area (TPSA) is 161 Å². The lowest BCUT2D eigenvalue weighted by molar-refractivity contribution is -0.386. The number of nitro benzene ring substituents is 1. The van der Waals surface area contributed by atoms with Crippen molar-refractivity contribution in [1.29, 1.82) is 0 Å². The number of para-hydroxylation sites is 1. The van der Waals surface area contributed by atoms with Crippen molar-refractivity contribution in [3.8, 4) is 11.5 Å². The molecule has 12 heteroatoms. The molecule has 3 rings (SSSR count). The fourth-order valence-electron chi connectivity index (χ4n) is 2.30. The lowest BCUT2D eigenvalue weighted by Gasteiger charge is -2.08. The number of phenols is 1. The largest absolute Gasteiger partial charge is 0.502 e. The molecule has 0 radical (unpaired) electrons. The lowest BCUT2D eigenvalue weighted by Crippen LogP contribution is -2.41. The molecule has 0 aliphatic carbocycles. The quantitative estimate of drug-likeness (QED) is 0.359. The number of rotatable bonds is 8. The van der Waals surface area contributed by atoms with Crippen molar-refractivity contribution < 1.29 is 32.4 Å². The Morgan fingerprint density at radius 2 is 1.87 bits per heavy atom. The van der Waals surface area contributed by atoms with E-state index in [0.29, 0.717) is 17.6 Å². The number of nitrogens with zero attached hydrogens (tertiary/aromatic N) is 1. The summed E-state index contributed by atoms with van der Waals surface area (Å²) in [6, 6.07) is 14.2. The van der Waals surface area contributed by atoms with E-state index >= 15 is 0 Å². The summed E-state index contributed by atoms with van der Waals surface area (Å²) in [5.74, 6) is -0.820. The number of hydrogen-bond donors (Lipinski definition) is 3. The molecule has 30 heavy (non-hydrogen) atoms. The van der Waals surface area contributed by atoms with Crippen molar-refractivity contribution in [3.63, 3.8) is 0 Å². The Hall–Kier alpha value is -3.90. The smallest absolute Gasteiger partial charge is 0.312 e. The first-order chi connectivity index (χ1) is 14.3. The van der Waals surface area contributed by atoms with E-state index in [1.165, 1.54) is 12.1 Å². The van der Waals surface area contributed by atoms with E-state index in [2.05, 4.69) is 0 Å². The van der Waals surface area contributed by atoms with Crippen LogP contribution in [0, 0.1) is 10.1 Å². The number of hydrogen-bond acceptors (Lipinski definition) is 8. The number of ether oxygens (including phenoxy) is 1. The Morgan fingerprint density at radius 1 is 1.13 bits per heavy atom. The van der Waals surface area contributed by atoms with E-state index in [1.807, 2.05) is 11.5 Å². The molecule has 0 unspecified atom stereocenters. The fraction of sp³-hybridized carbons (Fsp3) is 0.0556. The van der Waals surface area contributed by atoms with Gasteiger partial charge in [0.15, 0.2) is 11.5 Å². The Labute approximate surface area is 170 Å². The van der Waals surface area contributed by atoms with Gasteiger partial charge in [0.05, 0.1) is 9.82 Å². The second-order valence-electron chi connectivity index (χ2n) is 5.83. The third-order valence-electron chi connectivity index (χ3n) is 3.76. The van der Waals surface area contributed by atoms with Gasteiger partial charge in [0.2, 0.25) is 0 Å². The van der Waals surface area contributed by atoms with E-state index in [9.17, 15) is 28.4 Å². The molecule has 11 nitrogen and oxygen atoms in total. The zero-order chi connectivity index (χ0) is 21.7. The van der Waals surface area contributed by atoms with Crippen molar-refractivity contribution in [1.82, 2.24) is 10.3 Å². The average molecular weight is 433 g/mol. The highest BCUT2D eigenvalue weighted by Crippen LogP contribution is 2.28. The number of phenolic OH excluding ortho intramolecular Hbond substituents is 1. The van der Waals surface area contributed by atoms with Gasteiger partial charge in [-0.15, -0.1) is 4.83 Å². The molecule has 0 fully saturated rings. The highest BCUT2D eigenvalue weighted by Gasteiger charge is 2.22. The summed E-state index contributed by atoms with van der Waals surface area (Å²) >= 11 is 0. The molecule has 1 heterocycles. The highest BCUT2D eigenvalue weighted by molar-refractivity contribution is 7.89. The number of nitrogens with one attached hydrogen (secondary N) is 2. The van der Waals surface area contributed by atoms with Crippen molar-refractivity contribution >= 4 is 21.6 Å². The number of hydrazine groups is 1. The van der Waals surface area contributed by atoms with Crippen molar-refractivity contribution in [2.45, 2.75) is 11.5 Å². The number of benzene rings is 2. The normalized spacial score (nSPS) is 11.1. The zero-order valence-corrected chi connectivity index (χ0v) is 16.0. The summed E-state index contributed by atoms with van der Waals surface area (Å²) in [6.07, 6.45) is 0. The van der Waals surface area contributed by atoms with Gasteiger partial charge >= 0.3 is 11.6 Å². The van der Waals surface area contributed by atoms with Crippen LogP contribution in [0.5, 0.6) is 11.5 Å². The summed E-state index contributed by atoms with van der Waals surface area (Å²) in [5.41, 5.74) is 1.15. The maximum Gasteiger partial charge on any atom is 0.312 e. The van der Waals surface area contributed by atoms with Gasteiger partial charge in [-0.25, -0.2) is 8.42 Å². The van der Waals surface area contributed by atoms with Crippen LogP contribution in [0.3, 0.4) is 0 Å². The monoisotopic (exact) mass is 433 g/mol. The minimum atomic E-state index is -4.34. The molecule has 1 aromatic heterocycles. The molecule has 3 aromatic rings. The molecular formula is C18H15N3O8S. The Kier molecular flexibility index (Phi) is 5.99. The van der Waals surface area contributed by atoms with Gasteiger partial charge in [-0.05, 0) is 36.4 Å². The number of nitro groups is 1.